The number of aromatic nitrogens is 1. The third-order valence-electron chi connectivity index (χ3n) is 6.92. The van der Waals surface area contributed by atoms with Crippen LogP contribution in [0, 0.1) is 6.92 Å². The molecule has 0 unspecified atom stereocenters. The third-order valence-corrected chi connectivity index (χ3v) is 7.94. The van der Waals surface area contributed by atoms with Crippen molar-refractivity contribution in [3.8, 4) is 11.5 Å². The van der Waals surface area contributed by atoms with E-state index in [0.29, 0.717) is 46.9 Å². The fourth-order valence-corrected chi connectivity index (χ4v) is 5.97. The number of carbonyl (C=O) groups is 2. The SMILES string of the molecule is Cc1ccc2nc(N3C(=O)C(=O)/C(=C(/O)c4ccc5c(c4)OCCO5)[C@@H]3c3ccc(C(C)C)cc3)sc2c1. The second kappa shape index (κ2) is 9.29. The lowest BCUT2D eigenvalue weighted by Crippen LogP contribution is -2.29. The Labute approximate surface area is 224 Å². The first-order chi connectivity index (χ1) is 18.3. The number of benzene rings is 3. The molecule has 0 bridgehead atoms. The molecule has 0 spiro atoms. The van der Waals surface area contributed by atoms with E-state index in [4.69, 9.17) is 14.5 Å². The number of nitrogens with zero attached hydrogens (tertiary/aromatic N) is 2. The predicted molar refractivity (Wildman–Crippen MR) is 147 cm³/mol. The van der Waals surface area contributed by atoms with Crippen molar-refractivity contribution < 1.29 is 24.2 Å². The molecule has 1 saturated heterocycles. The summed E-state index contributed by atoms with van der Waals surface area (Å²) in [4.78, 5) is 33.2. The van der Waals surface area contributed by atoms with E-state index in [-0.39, 0.29) is 11.3 Å². The number of amides is 1. The number of ketones is 1. The molecule has 3 heterocycles. The van der Waals surface area contributed by atoms with Crippen LogP contribution in [0.15, 0.2) is 66.2 Å². The number of aryl methyl sites for hydroxylation is 1. The molecule has 192 valence electrons. The van der Waals surface area contributed by atoms with Gasteiger partial charge in [0.2, 0.25) is 0 Å². The van der Waals surface area contributed by atoms with Crippen molar-refractivity contribution in [3.05, 3.63) is 88.5 Å². The first kappa shape index (κ1) is 24.2. The van der Waals surface area contributed by atoms with Crippen LogP contribution >= 0.6 is 11.3 Å². The lowest BCUT2D eigenvalue weighted by molar-refractivity contribution is -0.132. The summed E-state index contributed by atoms with van der Waals surface area (Å²) < 4.78 is 12.2. The largest absolute Gasteiger partial charge is 0.507 e. The number of rotatable bonds is 4. The topological polar surface area (TPSA) is 89.0 Å². The molecule has 1 aromatic heterocycles. The number of aliphatic hydroxyl groups excluding tert-OH is 1. The molecule has 1 amide bonds. The molecule has 4 aromatic rings. The van der Waals surface area contributed by atoms with E-state index < -0.39 is 17.7 Å². The molecule has 2 aliphatic rings. The van der Waals surface area contributed by atoms with Gasteiger partial charge in [-0.2, -0.15) is 0 Å². The zero-order chi connectivity index (χ0) is 26.6. The van der Waals surface area contributed by atoms with Gasteiger partial charge in [0.25, 0.3) is 5.78 Å². The Morgan fingerprint density at radius 3 is 2.47 bits per heavy atom. The van der Waals surface area contributed by atoms with E-state index in [0.717, 1.165) is 21.3 Å². The van der Waals surface area contributed by atoms with Crippen molar-refractivity contribution in [1.29, 1.82) is 0 Å². The van der Waals surface area contributed by atoms with Crippen LogP contribution in [0.3, 0.4) is 0 Å². The fourth-order valence-electron chi connectivity index (χ4n) is 4.88. The van der Waals surface area contributed by atoms with Crippen molar-refractivity contribution in [3.63, 3.8) is 0 Å². The molecule has 7 nitrogen and oxygen atoms in total. The molecular formula is C30H26N2O5S. The van der Waals surface area contributed by atoms with Crippen LogP contribution in [0.4, 0.5) is 5.13 Å². The van der Waals surface area contributed by atoms with Gasteiger partial charge in [0.15, 0.2) is 16.6 Å². The van der Waals surface area contributed by atoms with Crippen LogP contribution in [-0.2, 0) is 9.59 Å². The molecule has 1 atom stereocenters. The number of anilines is 1. The highest BCUT2D eigenvalue weighted by atomic mass is 32.1. The Kier molecular flexibility index (Phi) is 5.91. The molecule has 0 radical (unpaired) electrons. The number of Topliss-reactive ketones (excluding diaryl/α,β-unsaturated/α-hetero) is 1. The average Bonchev–Trinajstić information content (AvgIpc) is 3.45. The summed E-state index contributed by atoms with van der Waals surface area (Å²) >= 11 is 1.35. The maximum absolute atomic E-state index is 13.5. The Balaban J connectivity index is 1.53. The summed E-state index contributed by atoms with van der Waals surface area (Å²) in [6.45, 7) is 7.03. The zero-order valence-corrected chi connectivity index (χ0v) is 22.0. The Bertz CT molecular complexity index is 1620. The van der Waals surface area contributed by atoms with Gasteiger partial charge in [-0.1, -0.05) is 55.5 Å². The monoisotopic (exact) mass is 526 g/mol. The van der Waals surface area contributed by atoms with E-state index in [1.54, 1.807) is 18.2 Å². The normalized spacial score (nSPS) is 18.5. The third kappa shape index (κ3) is 4.01. The smallest absolute Gasteiger partial charge is 0.301 e. The van der Waals surface area contributed by atoms with Crippen molar-refractivity contribution in [1.82, 2.24) is 4.98 Å². The fraction of sp³-hybridized carbons (Fsp3) is 0.233. The molecule has 3 aromatic carbocycles. The minimum atomic E-state index is -0.842. The van der Waals surface area contributed by atoms with Crippen molar-refractivity contribution in [2.45, 2.75) is 32.7 Å². The summed E-state index contributed by atoms with van der Waals surface area (Å²) in [7, 11) is 0. The Hall–Kier alpha value is -4.17. The average molecular weight is 527 g/mol. The highest BCUT2D eigenvalue weighted by Gasteiger charge is 2.48. The van der Waals surface area contributed by atoms with Gasteiger partial charge in [-0.25, -0.2) is 4.98 Å². The van der Waals surface area contributed by atoms with Crippen molar-refractivity contribution in [2.75, 3.05) is 18.1 Å². The lowest BCUT2D eigenvalue weighted by Gasteiger charge is -2.23. The highest BCUT2D eigenvalue weighted by Crippen LogP contribution is 2.45. The van der Waals surface area contributed by atoms with E-state index in [1.165, 1.54) is 16.2 Å². The van der Waals surface area contributed by atoms with Crippen LogP contribution in [0.5, 0.6) is 11.5 Å². The molecule has 0 aliphatic carbocycles. The second-order valence-electron chi connectivity index (χ2n) is 9.82. The number of carbonyl (C=O) groups excluding carboxylic acids is 2. The maximum atomic E-state index is 13.5. The van der Waals surface area contributed by atoms with E-state index in [9.17, 15) is 14.7 Å². The predicted octanol–water partition coefficient (Wildman–Crippen LogP) is 6.13. The summed E-state index contributed by atoms with van der Waals surface area (Å²) in [5.41, 5.74) is 4.05. The van der Waals surface area contributed by atoms with Crippen LogP contribution in [0.2, 0.25) is 0 Å². The number of ether oxygens (including phenoxy) is 2. The van der Waals surface area contributed by atoms with Crippen LogP contribution in [-0.4, -0.2) is 35.0 Å². The molecule has 6 rings (SSSR count). The number of fused-ring (bicyclic) bond motifs is 2. The van der Waals surface area contributed by atoms with Gasteiger partial charge in [0, 0.05) is 5.56 Å². The second-order valence-corrected chi connectivity index (χ2v) is 10.8. The summed E-state index contributed by atoms with van der Waals surface area (Å²) in [6.07, 6.45) is 0. The molecule has 0 saturated carbocycles. The summed E-state index contributed by atoms with van der Waals surface area (Å²) in [5, 5.41) is 11.9. The molecule has 2 aliphatic heterocycles. The molecular weight excluding hydrogens is 500 g/mol. The van der Waals surface area contributed by atoms with E-state index >= 15 is 0 Å². The molecule has 1 fully saturated rings. The molecule has 8 heteroatoms. The minimum absolute atomic E-state index is 0.0133. The maximum Gasteiger partial charge on any atom is 0.301 e. The highest BCUT2D eigenvalue weighted by molar-refractivity contribution is 7.22. The van der Waals surface area contributed by atoms with Gasteiger partial charge in [0.1, 0.15) is 19.0 Å². The summed E-state index contributed by atoms with van der Waals surface area (Å²) in [6, 6.07) is 17.8. The van der Waals surface area contributed by atoms with Gasteiger partial charge in [-0.3, -0.25) is 14.5 Å². The van der Waals surface area contributed by atoms with E-state index in [1.807, 2.05) is 49.4 Å². The van der Waals surface area contributed by atoms with Gasteiger partial charge in [-0.05, 0) is 59.9 Å². The number of hydrogen-bond donors (Lipinski definition) is 1. The number of aliphatic hydroxyl groups is 1. The number of hydrogen-bond acceptors (Lipinski definition) is 7. The van der Waals surface area contributed by atoms with Crippen molar-refractivity contribution >= 4 is 44.1 Å². The van der Waals surface area contributed by atoms with Crippen LogP contribution in [0.1, 0.15) is 48.1 Å². The quantitative estimate of drug-likeness (QED) is 0.196. The van der Waals surface area contributed by atoms with Crippen molar-refractivity contribution in [2.24, 2.45) is 0 Å². The van der Waals surface area contributed by atoms with Gasteiger partial charge >= 0.3 is 5.91 Å². The lowest BCUT2D eigenvalue weighted by atomic mass is 9.93. The molecule has 38 heavy (non-hydrogen) atoms. The first-order valence-electron chi connectivity index (χ1n) is 12.5. The first-order valence-corrected chi connectivity index (χ1v) is 13.3. The molecule has 1 N–H and O–H groups in total. The minimum Gasteiger partial charge on any atom is -0.507 e. The number of thiazole rings is 1. The van der Waals surface area contributed by atoms with E-state index in [2.05, 4.69) is 13.8 Å². The van der Waals surface area contributed by atoms with Gasteiger partial charge in [-0.15, -0.1) is 0 Å². The van der Waals surface area contributed by atoms with Crippen LogP contribution in [0.25, 0.3) is 16.0 Å². The Morgan fingerprint density at radius 1 is 1.00 bits per heavy atom. The Morgan fingerprint density at radius 2 is 1.74 bits per heavy atom. The summed E-state index contributed by atoms with van der Waals surface area (Å²) in [5.74, 6) is -0.380. The zero-order valence-electron chi connectivity index (χ0n) is 21.2. The van der Waals surface area contributed by atoms with Gasteiger partial charge in [0.05, 0.1) is 21.8 Å². The standard InChI is InChI=1S/C30H26N2O5S/c1-16(2)18-5-7-19(8-6-18)26-25(27(33)20-9-11-22-23(15-20)37-13-12-36-22)28(34)29(35)32(26)30-31-21-10-4-17(3)14-24(21)38-30/h4-11,14-16,26,33H,12-13H2,1-3H3/b27-25+/t26-/m0/s1. The van der Waals surface area contributed by atoms with Gasteiger partial charge < -0.3 is 14.6 Å². The van der Waals surface area contributed by atoms with Crippen LogP contribution < -0.4 is 14.4 Å².